The number of nitrogens with zero attached hydrogens (tertiary/aromatic N) is 3. The van der Waals surface area contributed by atoms with Crippen LogP contribution in [0.25, 0.3) is 17.3 Å². The lowest BCUT2D eigenvalue weighted by atomic mass is 10.1. The first kappa shape index (κ1) is 19.3. The Balaban J connectivity index is 1.74. The van der Waals surface area contributed by atoms with E-state index in [1.54, 1.807) is 13.4 Å². The highest BCUT2D eigenvalue weighted by Gasteiger charge is 2.06. The molecule has 5 heteroatoms. The number of para-hydroxylation sites is 1. The molecule has 0 radical (unpaired) electrons. The summed E-state index contributed by atoms with van der Waals surface area (Å²) >= 11 is 0. The highest BCUT2D eigenvalue weighted by Crippen LogP contribution is 2.27. The first-order valence-corrected chi connectivity index (χ1v) is 9.17. The molecule has 3 aromatic rings. The van der Waals surface area contributed by atoms with Crippen LogP contribution < -0.4 is 10.1 Å². The number of rotatable bonds is 8. The molecule has 1 heterocycles. The molecule has 0 spiro atoms. The Morgan fingerprint density at radius 3 is 2.79 bits per heavy atom. The van der Waals surface area contributed by atoms with Gasteiger partial charge in [-0.1, -0.05) is 36.4 Å². The molecule has 0 bridgehead atoms. The number of allylic oxidation sites excluding steroid dienone is 1. The Morgan fingerprint density at radius 2 is 2.00 bits per heavy atom. The van der Waals surface area contributed by atoms with E-state index in [1.165, 1.54) is 0 Å². The molecule has 3 rings (SSSR count). The third-order valence-electron chi connectivity index (χ3n) is 4.40. The molecule has 0 saturated heterocycles. The van der Waals surface area contributed by atoms with Crippen LogP contribution in [0.3, 0.4) is 0 Å². The van der Waals surface area contributed by atoms with Gasteiger partial charge in [-0.3, -0.25) is 4.99 Å². The molecule has 0 fully saturated rings. The number of methoxy groups -OCH3 is 1. The first-order chi connectivity index (χ1) is 13.7. The van der Waals surface area contributed by atoms with E-state index in [0.29, 0.717) is 0 Å². The SMILES string of the molecule is C=Nc1ccc(-c2cc(NCCc3ccccc3OC)ncn2)cc1/C=C\C. The number of ether oxygens (including phenoxy) is 1. The van der Waals surface area contributed by atoms with Gasteiger partial charge in [0.1, 0.15) is 17.9 Å². The molecule has 0 aliphatic heterocycles. The van der Waals surface area contributed by atoms with Crippen molar-refractivity contribution in [2.75, 3.05) is 19.0 Å². The van der Waals surface area contributed by atoms with Crippen molar-refractivity contribution in [2.24, 2.45) is 4.99 Å². The first-order valence-electron chi connectivity index (χ1n) is 9.17. The Labute approximate surface area is 165 Å². The Kier molecular flexibility index (Phi) is 6.52. The maximum atomic E-state index is 5.40. The number of hydrogen-bond donors (Lipinski definition) is 1. The van der Waals surface area contributed by atoms with E-state index in [9.17, 15) is 0 Å². The average Bonchev–Trinajstić information content (AvgIpc) is 2.74. The van der Waals surface area contributed by atoms with E-state index < -0.39 is 0 Å². The number of aromatic nitrogens is 2. The van der Waals surface area contributed by atoms with E-state index in [2.05, 4.69) is 39.1 Å². The number of aliphatic imine (C=N–C) groups is 1. The Morgan fingerprint density at radius 1 is 1.14 bits per heavy atom. The van der Waals surface area contributed by atoms with Crippen LogP contribution in [0, 0.1) is 0 Å². The third-order valence-corrected chi connectivity index (χ3v) is 4.40. The number of benzene rings is 2. The van der Waals surface area contributed by atoms with Gasteiger partial charge in [0.15, 0.2) is 0 Å². The minimum atomic E-state index is 0.750. The molecule has 5 nitrogen and oxygen atoms in total. The number of anilines is 1. The van der Waals surface area contributed by atoms with Crippen molar-refractivity contribution in [2.45, 2.75) is 13.3 Å². The van der Waals surface area contributed by atoms with Crippen LogP contribution in [0.5, 0.6) is 5.75 Å². The Hall–Kier alpha value is -3.47. The summed E-state index contributed by atoms with van der Waals surface area (Å²) in [5, 5.41) is 3.37. The van der Waals surface area contributed by atoms with Gasteiger partial charge in [-0.2, -0.15) is 0 Å². The van der Waals surface area contributed by atoms with E-state index in [-0.39, 0.29) is 0 Å². The number of nitrogens with one attached hydrogen (secondary N) is 1. The van der Waals surface area contributed by atoms with Crippen LogP contribution in [0.2, 0.25) is 0 Å². The summed E-state index contributed by atoms with van der Waals surface area (Å²) in [5.74, 6) is 1.69. The second kappa shape index (κ2) is 9.46. The maximum Gasteiger partial charge on any atom is 0.129 e. The van der Waals surface area contributed by atoms with Crippen molar-refractivity contribution >= 4 is 24.3 Å². The molecule has 28 heavy (non-hydrogen) atoms. The second-order valence-corrected chi connectivity index (χ2v) is 6.21. The molecule has 0 unspecified atom stereocenters. The molecule has 0 aliphatic carbocycles. The van der Waals surface area contributed by atoms with E-state index in [1.807, 2.05) is 55.5 Å². The molecule has 2 aromatic carbocycles. The van der Waals surface area contributed by atoms with Gasteiger partial charge in [0.05, 0.1) is 18.5 Å². The molecule has 1 N–H and O–H groups in total. The average molecular weight is 372 g/mol. The lowest BCUT2D eigenvalue weighted by molar-refractivity contribution is 0.410. The maximum absolute atomic E-state index is 5.40. The zero-order valence-electron chi connectivity index (χ0n) is 16.2. The van der Waals surface area contributed by atoms with Crippen molar-refractivity contribution in [3.05, 3.63) is 72.1 Å². The van der Waals surface area contributed by atoms with Crippen molar-refractivity contribution in [1.29, 1.82) is 0 Å². The summed E-state index contributed by atoms with van der Waals surface area (Å²) < 4.78 is 5.40. The minimum absolute atomic E-state index is 0.750. The van der Waals surface area contributed by atoms with Gasteiger partial charge >= 0.3 is 0 Å². The molecular formula is C23H24N4O. The standard InChI is InChI=1S/C23H24N4O/c1-4-7-18-14-19(10-11-20(18)24-2)21-15-23(27-16-26-21)25-13-12-17-8-5-6-9-22(17)28-3/h4-11,14-16H,2,12-13H2,1,3H3,(H,25,26,27)/b7-4-. The van der Waals surface area contributed by atoms with E-state index in [4.69, 9.17) is 4.74 Å². The largest absolute Gasteiger partial charge is 0.496 e. The predicted molar refractivity (Wildman–Crippen MR) is 117 cm³/mol. The highest BCUT2D eigenvalue weighted by molar-refractivity contribution is 5.73. The van der Waals surface area contributed by atoms with Gasteiger partial charge in [-0.15, -0.1) is 0 Å². The summed E-state index contributed by atoms with van der Waals surface area (Å²) in [7, 11) is 1.69. The molecule has 1 aromatic heterocycles. The summed E-state index contributed by atoms with van der Waals surface area (Å²) in [6.07, 6.45) is 6.42. The van der Waals surface area contributed by atoms with Crippen LogP contribution in [-0.4, -0.2) is 30.3 Å². The molecular weight excluding hydrogens is 348 g/mol. The van der Waals surface area contributed by atoms with Gasteiger partial charge in [0, 0.05) is 23.7 Å². The zero-order chi connectivity index (χ0) is 19.8. The second-order valence-electron chi connectivity index (χ2n) is 6.21. The molecule has 0 amide bonds. The van der Waals surface area contributed by atoms with E-state index >= 15 is 0 Å². The van der Waals surface area contributed by atoms with Gasteiger partial charge in [-0.25, -0.2) is 9.97 Å². The van der Waals surface area contributed by atoms with Crippen LogP contribution in [0.1, 0.15) is 18.1 Å². The molecule has 0 atom stereocenters. The lowest BCUT2D eigenvalue weighted by Gasteiger charge is -2.10. The normalized spacial score (nSPS) is 10.8. The van der Waals surface area contributed by atoms with E-state index in [0.717, 1.165) is 52.6 Å². The number of hydrogen-bond acceptors (Lipinski definition) is 5. The quantitative estimate of drug-likeness (QED) is 0.554. The molecule has 0 aliphatic rings. The highest BCUT2D eigenvalue weighted by atomic mass is 16.5. The van der Waals surface area contributed by atoms with Crippen molar-refractivity contribution in [3.8, 4) is 17.0 Å². The Bertz CT molecular complexity index is 982. The lowest BCUT2D eigenvalue weighted by Crippen LogP contribution is -2.07. The van der Waals surface area contributed by atoms with Crippen LogP contribution in [-0.2, 0) is 6.42 Å². The fraction of sp³-hybridized carbons (Fsp3) is 0.174. The summed E-state index contributed by atoms with van der Waals surface area (Å²) in [5.41, 5.74) is 4.90. The topological polar surface area (TPSA) is 59.4 Å². The van der Waals surface area contributed by atoms with Gasteiger partial charge < -0.3 is 10.1 Å². The van der Waals surface area contributed by atoms with Gasteiger partial charge in [-0.05, 0) is 43.8 Å². The van der Waals surface area contributed by atoms with Gasteiger partial charge in [0.25, 0.3) is 0 Å². The van der Waals surface area contributed by atoms with Crippen molar-refractivity contribution < 1.29 is 4.74 Å². The fourth-order valence-electron chi connectivity index (χ4n) is 3.02. The molecule has 142 valence electrons. The summed E-state index contributed by atoms with van der Waals surface area (Å²) in [6, 6.07) is 16.0. The monoisotopic (exact) mass is 372 g/mol. The van der Waals surface area contributed by atoms with Crippen molar-refractivity contribution in [3.63, 3.8) is 0 Å². The minimum Gasteiger partial charge on any atom is -0.496 e. The summed E-state index contributed by atoms with van der Waals surface area (Å²) in [6.45, 7) is 6.36. The van der Waals surface area contributed by atoms with Crippen LogP contribution >= 0.6 is 0 Å². The molecule has 0 saturated carbocycles. The zero-order valence-corrected chi connectivity index (χ0v) is 16.2. The van der Waals surface area contributed by atoms with Crippen molar-refractivity contribution in [1.82, 2.24) is 9.97 Å². The predicted octanol–water partition coefficient (Wildman–Crippen LogP) is 5.17. The van der Waals surface area contributed by atoms with Gasteiger partial charge in [0.2, 0.25) is 0 Å². The fourth-order valence-corrected chi connectivity index (χ4v) is 3.02. The summed E-state index contributed by atoms with van der Waals surface area (Å²) in [4.78, 5) is 12.8. The van der Waals surface area contributed by atoms with Crippen LogP contribution in [0.4, 0.5) is 11.5 Å². The van der Waals surface area contributed by atoms with Crippen LogP contribution in [0.15, 0.2) is 65.9 Å². The smallest absolute Gasteiger partial charge is 0.129 e. The third kappa shape index (κ3) is 4.62.